The molecule has 0 aliphatic heterocycles. The number of amides is 2. The van der Waals surface area contributed by atoms with Crippen molar-refractivity contribution >= 4 is 11.8 Å². The highest BCUT2D eigenvalue weighted by Crippen LogP contribution is 2.17. The fourth-order valence-corrected chi connectivity index (χ4v) is 4.26. The molecule has 4 rings (SSSR count). The van der Waals surface area contributed by atoms with Gasteiger partial charge >= 0.3 is 0 Å². The Hall–Kier alpha value is -4.38. The molecular formula is C32H32N2O3. The molecule has 0 saturated carbocycles. The lowest BCUT2D eigenvalue weighted by molar-refractivity contribution is -0.140. The first kappa shape index (κ1) is 25.7. The summed E-state index contributed by atoms with van der Waals surface area (Å²) in [6.07, 6.45) is 0.646. The van der Waals surface area contributed by atoms with E-state index >= 15 is 0 Å². The van der Waals surface area contributed by atoms with E-state index in [0.717, 1.165) is 28.0 Å². The number of benzene rings is 4. The predicted molar refractivity (Wildman–Crippen MR) is 146 cm³/mol. The minimum Gasteiger partial charge on any atom is -0.497 e. The molecule has 0 radical (unpaired) electrons. The molecule has 0 aliphatic carbocycles. The molecule has 5 heteroatoms. The molecule has 2 amide bonds. The van der Waals surface area contributed by atoms with Crippen molar-refractivity contribution in [3.8, 4) is 5.75 Å². The molecule has 0 bridgehead atoms. The minimum atomic E-state index is -0.669. The maximum absolute atomic E-state index is 13.7. The Labute approximate surface area is 218 Å². The molecule has 37 heavy (non-hydrogen) atoms. The summed E-state index contributed by atoms with van der Waals surface area (Å²) in [6.45, 7) is 0.708. The molecule has 188 valence electrons. The Morgan fingerprint density at radius 1 is 0.703 bits per heavy atom. The maximum Gasteiger partial charge on any atom is 0.243 e. The van der Waals surface area contributed by atoms with E-state index in [2.05, 4.69) is 5.32 Å². The van der Waals surface area contributed by atoms with Crippen molar-refractivity contribution in [2.24, 2.45) is 0 Å². The second-order valence-corrected chi connectivity index (χ2v) is 8.94. The van der Waals surface area contributed by atoms with Crippen LogP contribution < -0.4 is 10.1 Å². The highest BCUT2D eigenvalue weighted by atomic mass is 16.5. The van der Waals surface area contributed by atoms with E-state index < -0.39 is 6.04 Å². The van der Waals surface area contributed by atoms with Gasteiger partial charge in [-0.1, -0.05) is 103 Å². The van der Waals surface area contributed by atoms with Crippen molar-refractivity contribution in [3.05, 3.63) is 138 Å². The molecule has 1 atom stereocenters. The van der Waals surface area contributed by atoms with E-state index in [4.69, 9.17) is 4.74 Å². The number of nitrogens with zero attached hydrogens (tertiary/aromatic N) is 1. The molecule has 5 nitrogen and oxygen atoms in total. The standard InChI is InChI=1S/C32H32N2O3/c1-37-29-19-17-27(18-20-29)23-33-32(36)30(21-25-11-5-2-6-12-25)34(24-28-15-9-4-10-16-28)31(35)22-26-13-7-3-8-14-26/h2-20,30H,21-24H2,1H3,(H,33,36)/t30-/m1/s1. The summed E-state index contributed by atoms with van der Waals surface area (Å²) in [6, 6.07) is 36.2. The second kappa shape index (κ2) is 13.1. The van der Waals surface area contributed by atoms with Crippen LogP contribution in [0.15, 0.2) is 115 Å². The highest BCUT2D eigenvalue weighted by Gasteiger charge is 2.30. The molecule has 0 heterocycles. The Kier molecular flexibility index (Phi) is 9.08. The Balaban J connectivity index is 1.61. The Morgan fingerprint density at radius 2 is 1.24 bits per heavy atom. The fourth-order valence-electron chi connectivity index (χ4n) is 4.26. The van der Waals surface area contributed by atoms with E-state index in [0.29, 0.717) is 19.5 Å². The average Bonchev–Trinajstić information content (AvgIpc) is 2.95. The fraction of sp³-hybridized carbons (Fsp3) is 0.188. The molecule has 0 fully saturated rings. The van der Waals surface area contributed by atoms with Gasteiger partial charge in [0.1, 0.15) is 11.8 Å². The highest BCUT2D eigenvalue weighted by molar-refractivity contribution is 5.88. The number of carbonyl (C=O) groups excluding carboxylic acids is 2. The number of hydrogen-bond acceptors (Lipinski definition) is 3. The van der Waals surface area contributed by atoms with Crippen LogP contribution in [0.3, 0.4) is 0 Å². The molecule has 0 spiro atoms. The van der Waals surface area contributed by atoms with E-state index in [1.807, 2.05) is 115 Å². The van der Waals surface area contributed by atoms with Gasteiger partial charge in [-0.2, -0.15) is 0 Å². The first-order valence-electron chi connectivity index (χ1n) is 12.4. The minimum absolute atomic E-state index is 0.0874. The summed E-state index contributed by atoms with van der Waals surface area (Å²) < 4.78 is 5.23. The van der Waals surface area contributed by atoms with E-state index in [-0.39, 0.29) is 18.2 Å². The molecule has 0 unspecified atom stereocenters. The third kappa shape index (κ3) is 7.55. The number of nitrogens with one attached hydrogen (secondary N) is 1. The molecule has 4 aromatic carbocycles. The summed E-state index contributed by atoms with van der Waals surface area (Å²) >= 11 is 0. The summed E-state index contributed by atoms with van der Waals surface area (Å²) in [5.74, 6) is 0.491. The third-order valence-electron chi connectivity index (χ3n) is 6.29. The van der Waals surface area contributed by atoms with Crippen molar-refractivity contribution in [1.29, 1.82) is 0 Å². The third-order valence-corrected chi connectivity index (χ3v) is 6.29. The van der Waals surface area contributed by atoms with Gasteiger partial charge in [0.25, 0.3) is 0 Å². The number of methoxy groups -OCH3 is 1. The summed E-state index contributed by atoms with van der Waals surface area (Å²) in [5, 5.41) is 3.07. The van der Waals surface area contributed by atoms with E-state index in [9.17, 15) is 9.59 Å². The maximum atomic E-state index is 13.7. The van der Waals surface area contributed by atoms with Crippen molar-refractivity contribution < 1.29 is 14.3 Å². The Bertz CT molecular complexity index is 1260. The molecular weight excluding hydrogens is 460 g/mol. The van der Waals surface area contributed by atoms with Gasteiger partial charge < -0.3 is 15.0 Å². The van der Waals surface area contributed by atoms with Crippen LogP contribution in [0.1, 0.15) is 22.3 Å². The van der Waals surface area contributed by atoms with E-state index in [1.54, 1.807) is 12.0 Å². The summed E-state index contributed by atoms with van der Waals surface area (Å²) in [4.78, 5) is 29.2. The SMILES string of the molecule is COc1ccc(CNC(=O)[C@@H](Cc2ccccc2)N(Cc2ccccc2)C(=O)Cc2ccccc2)cc1. The van der Waals surface area contributed by atoms with Gasteiger partial charge in [-0.15, -0.1) is 0 Å². The zero-order chi connectivity index (χ0) is 25.9. The summed E-state index contributed by atoms with van der Waals surface area (Å²) in [5.41, 5.74) is 3.85. The number of ether oxygens (including phenoxy) is 1. The lowest BCUT2D eigenvalue weighted by Gasteiger charge is -2.31. The van der Waals surface area contributed by atoms with Gasteiger partial charge in [-0.25, -0.2) is 0 Å². The van der Waals surface area contributed by atoms with Gasteiger partial charge in [-0.3, -0.25) is 9.59 Å². The monoisotopic (exact) mass is 492 g/mol. The zero-order valence-corrected chi connectivity index (χ0v) is 21.0. The van der Waals surface area contributed by atoms with Crippen LogP contribution in [0.4, 0.5) is 0 Å². The normalized spacial score (nSPS) is 11.4. The second-order valence-electron chi connectivity index (χ2n) is 8.94. The smallest absolute Gasteiger partial charge is 0.243 e. The quantitative estimate of drug-likeness (QED) is 0.313. The number of hydrogen-bond donors (Lipinski definition) is 1. The molecule has 0 aromatic heterocycles. The van der Waals surface area contributed by atoms with Crippen molar-refractivity contribution in [2.45, 2.75) is 32.0 Å². The lowest BCUT2D eigenvalue weighted by atomic mass is 10.0. The van der Waals surface area contributed by atoms with Crippen LogP contribution in [0.25, 0.3) is 0 Å². The number of carbonyl (C=O) groups is 2. The van der Waals surface area contributed by atoms with Crippen molar-refractivity contribution in [3.63, 3.8) is 0 Å². The topological polar surface area (TPSA) is 58.6 Å². The first-order valence-corrected chi connectivity index (χ1v) is 12.4. The molecule has 0 saturated heterocycles. The van der Waals surface area contributed by atoms with Crippen LogP contribution in [0.2, 0.25) is 0 Å². The van der Waals surface area contributed by atoms with Crippen molar-refractivity contribution in [1.82, 2.24) is 10.2 Å². The average molecular weight is 493 g/mol. The van der Waals surface area contributed by atoms with Gasteiger partial charge in [0.15, 0.2) is 0 Å². The molecule has 0 aliphatic rings. The molecule has 4 aromatic rings. The van der Waals surface area contributed by atoms with Crippen LogP contribution in [-0.2, 0) is 35.5 Å². The van der Waals surface area contributed by atoms with Gasteiger partial charge in [-0.05, 0) is 34.4 Å². The number of rotatable bonds is 11. The van der Waals surface area contributed by atoms with E-state index in [1.165, 1.54) is 0 Å². The predicted octanol–water partition coefficient (Wildman–Crippen LogP) is 5.19. The van der Waals surface area contributed by atoms with Crippen LogP contribution in [0, 0.1) is 0 Å². The lowest BCUT2D eigenvalue weighted by Crippen LogP contribution is -2.50. The van der Waals surface area contributed by atoms with Gasteiger partial charge in [0.05, 0.1) is 13.5 Å². The Morgan fingerprint density at radius 3 is 1.81 bits per heavy atom. The first-order chi connectivity index (χ1) is 18.1. The van der Waals surface area contributed by atoms with Crippen LogP contribution >= 0.6 is 0 Å². The van der Waals surface area contributed by atoms with Crippen LogP contribution in [-0.4, -0.2) is 29.9 Å². The molecule has 1 N–H and O–H groups in total. The van der Waals surface area contributed by atoms with Gasteiger partial charge in [0, 0.05) is 19.5 Å². The van der Waals surface area contributed by atoms with Crippen LogP contribution in [0.5, 0.6) is 5.75 Å². The summed E-state index contributed by atoms with van der Waals surface area (Å²) in [7, 11) is 1.62. The largest absolute Gasteiger partial charge is 0.497 e. The van der Waals surface area contributed by atoms with Gasteiger partial charge in [0.2, 0.25) is 11.8 Å². The van der Waals surface area contributed by atoms with Crippen molar-refractivity contribution in [2.75, 3.05) is 7.11 Å². The zero-order valence-electron chi connectivity index (χ0n) is 21.0.